The molecule has 0 saturated carbocycles. The molecule has 0 aliphatic rings. The standard InChI is InChI=1S/C13H18BrN5O/c1-3-19-13(11(20-2)7-17-19)12(18-16)9-6-8(14)4-5-10(9)15/h4-7,12,18H,3,15-16H2,1-2H3. The number of methoxy groups -OCH3 is 1. The van der Waals surface area contributed by atoms with E-state index >= 15 is 0 Å². The minimum absolute atomic E-state index is 0.301. The second kappa shape index (κ2) is 6.25. The van der Waals surface area contributed by atoms with Crippen LogP contribution in [0.3, 0.4) is 0 Å². The van der Waals surface area contributed by atoms with Crippen LogP contribution in [0.25, 0.3) is 0 Å². The molecule has 1 aromatic carbocycles. The van der Waals surface area contributed by atoms with Gasteiger partial charge in [0.2, 0.25) is 0 Å². The molecule has 108 valence electrons. The SMILES string of the molecule is CCn1ncc(OC)c1C(NN)c1cc(Br)ccc1N. The molecule has 0 amide bonds. The molecule has 0 radical (unpaired) electrons. The van der Waals surface area contributed by atoms with Crippen molar-refractivity contribution in [1.29, 1.82) is 0 Å². The molecule has 5 N–H and O–H groups in total. The summed E-state index contributed by atoms with van der Waals surface area (Å²) >= 11 is 3.45. The zero-order valence-electron chi connectivity index (χ0n) is 11.4. The second-order valence-electron chi connectivity index (χ2n) is 4.29. The van der Waals surface area contributed by atoms with Gasteiger partial charge in [0, 0.05) is 22.3 Å². The van der Waals surface area contributed by atoms with E-state index in [9.17, 15) is 0 Å². The quantitative estimate of drug-likeness (QED) is 0.439. The number of hydrogen-bond acceptors (Lipinski definition) is 5. The Morgan fingerprint density at radius 2 is 2.25 bits per heavy atom. The van der Waals surface area contributed by atoms with E-state index in [-0.39, 0.29) is 6.04 Å². The van der Waals surface area contributed by atoms with Crippen LogP contribution in [0.2, 0.25) is 0 Å². The lowest BCUT2D eigenvalue weighted by molar-refractivity contribution is 0.399. The van der Waals surface area contributed by atoms with Gasteiger partial charge in [0.05, 0.1) is 19.3 Å². The fourth-order valence-corrected chi connectivity index (χ4v) is 2.57. The van der Waals surface area contributed by atoms with Gasteiger partial charge < -0.3 is 10.5 Å². The van der Waals surface area contributed by atoms with E-state index in [0.29, 0.717) is 18.0 Å². The summed E-state index contributed by atoms with van der Waals surface area (Å²) in [6, 6.07) is 5.36. The molecule has 1 heterocycles. The highest BCUT2D eigenvalue weighted by molar-refractivity contribution is 9.10. The number of ether oxygens (including phenoxy) is 1. The number of hydrazine groups is 1. The molecule has 0 spiro atoms. The van der Waals surface area contributed by atoms with Crippen molar-refractivity contribution in [2.45, 2.75) is 19.5 Å². The van der Waals surface area contributed by atoms with Crippen molar-refractivity contribution < 1.29 is 4.74 Å². The van der Waals surface area contributed by atoms with Gasteiger partial charge in [-0.2, -0.15) is 5.10 Å². The molecule has 20 heavy (non-hydrogen) atoms. The summed E-state index contributed by atoms with van der Waals surface area (Å²) in [6.07, 6.45) is 1.68. The monoisotopic (exact) mass is 339 g/mol. The normalized spacial score (nSPS) is 12.4. The number of nitrogens with zero attached hydrogens (tertiary/aromatic N) is 2. The third-order valence-corrected chi connectivity index (χ3v) is 3.66. The summed E-state index contributed by atoms with van der Waals surface area (Å²) < 4.78 is 8.14. The smallest absolute Gasteiger partial charge is 0.161 e. The molecule has 6 nitrogen and oxygen atoms in total. The van der Waals surface area contributed by atoms with Gasteiger partial charge in [-0.15, -0.1) is 0 Å². The van der Waals surface area contributed by atoms with Gasteiger partial charge >= 0.3 is 0 Å². The number of aromatic nitrogens is 2. The van der Waals surface area contributed by atoms with Crippen molar-refractivity contribution in [2.24, 2.45) is 5.84 Å². The van der Waals surface area contributed by atoms with Crippen LogP contribution in [-0.2, 0) is 6.54 Å². The predicted molar refractivity (Wildman–Crippen MR) is 82.2 cm³/mol. The number of hydrogen-bond donors (Lipinski definition) is 3. The van der Waals surface area contributed by atoms with Crippen LogP contribution in [0, 0.1) is 0 Å². The predicted octanol–water partition coefficient (Wildman–Crippen LogP) is 1.81. The number of aryl methyl sites for hydroxylation is 1. The van der Waals surface area contributed by atoms with Gasteiger partial charge in [0.25, 0.3) is 0 Å². The van der Waals surface area contributed by atoms with Gasteiger partial charge in [0.1, 0.15) is 5.69 Å². The van der Waals surface area contributed by atoms with E-state index in [4.69, 9.17) is 16.3 Å². The first kappa shape index (κ1) is 14.8. The Bertz CT molecular complexity index is 577. The van der Waals surface area contributed by atoms with E-state index in [2.05, 4.69) is 26.5 Å². The summed E-state index contributed by atoms with van der Waals surface area (Å²) in [5, 5.41) is 4.30. The van der Waals surface area contributed by atoms with Crippen molar-refractivity contribution >= 4 is 21.6 Å². The second-order valence-corrected chi connectivity index (χ2v) is 5.20. The molecule has 0 aliphatic heterocycles. The zero-order valence-corrected chi connectivity index (χ0v) is 13.0. The third kappa shape index (κ3) is 2.65. The van der Waals surface area contributed by atoms with Crippen LogP contribution in [0.4, 0.5) is 5.69 Å². The zero-order chi connectivity index (χ0) is 14.7. The lowest BCUT2D eigenvalue weighted by atomic mass is 10.0. The van der Waals surface area contributed by atoms with Gasteiger partial charge in [-0.05, 0) is 25.1 Å². The van der Waals surface area contributed by atoms with Crippen LogP contribution >= 0.6 is 15.9 Å². The molecule has 0 fully saturated rings. The molecule has 0 bridgehead atoms. The molecule has 1 aromatic heterocycles. The molecule has 1 atom stereocenters. The van der Waals surface area contributed by atoms with Crippen molar-refractivity contribution in [3.63, 3.8) is 0 Å². The minimum atomic E-state index is -0.301. The summed E-state index contributed by atoms with van der Waals surface area (Å²) in [5.74, 6) is 6.42. The molecule has 0 saturated heterocycles. The van der Waals surface area contributed by atoms with Crippen LogP contribution in [-0.4, -0.2) is 16.9 Å². The van der Waals surface area contributed by atoms with Crippen LogP contribution in [0.5, 0.6) is 5.75 Å². The van der Waals surface area contributed by atoms with Crippen molar-refractivity contribution in [2.75, 3.05) is 12.8 Å². The van der Waals surface area contributed by atoms with Crippen molar-refractivity contribution in [1.82, 2.24) is 15.2 Å². The van der Waals surface area contributed by atoms with Crippen molar-refractivity contribution in [3.05, 3.63) is 40.1 Å². The van der Waals surface area contributed by atoms with Gasteiger partial charge in [-0.1, -0.05) is 15.9 Å². The molecule has 2 rings (SSSR count). The number of benzene rings is 1. The highest BCUT2D eigenvalue weighted by Gasteiger charge is 2.24. The Morgan fingerprint density at radius 3 is 2.85 bits per heavy atom. The first-order valence-electron chi connectivity index (χ1n) is 6.23. The van der Waals surface area contributed by atoms with Crippen LogP contribution in [0.1, 0.15) is 24.2 Å². The number of halogens is 1. The number of nitrogens with two attached hydrogens (primary N) is 2. The lowest BCUT2D eigenvalue weighted by Crippen LogP contribution is -2.31. The minimum Gasteiger partial charge on any atom is -0.493 e. The Balaban J connectivity index is 2.57. The molecular formula is C13H18BrN5O. The molecule has 7 heteroatoms. The Hall–Kier alpha value is -1.57. The number of rotatable bonds is 5. The van der Waals surface area contributed by atoms with E-state index in [1.807, 2.05) is 29.8 Å². The fraction of sp³-hybridized carbons (Fsp3) is 0.308. The maximum atomic E-state index is 6.07. The molecule has 2 aromatic rings. The third-order valence-electron chi connectivity index (χ3n) is 3.16. The Morgan fingerprint density at radius 1 is 1.50 bits per heavy atom. The van der Waals surface area contributed by atoms with E-state index in [1.165, 1.54) is 0 Å². The highest BCUT2D eigenvalue weighted by atomic mass is 79.9. The van der Waals surface area contributed by atoms with Crippen LogP contribution < -0.4 is 21.7 Å². The van der Waals surface area contributed by atoms with Crippen molar-refractivity contribution in [3.8, 4) is 5.75 Å². The topological polar surface area (TPSA) is 91.1 Å². The van der Waals surface area contributed by atoms with Gasteiger partial charge in [-0.3, -0.25) is 10.5 Å². The number of anilines is 1. The van der Waals surface area contributed by atoms with Crippen LogP contribution in [0.15, 0.2) is 28.9 Å². The summed E-state index contributed by atoms with van der Waals surface area (Å²) in [5.41, 5.74) is 11.2. The summed E-state index contributed by atoms with van der Waals surface area (Å²) in [4.78, 5) is 0. The lowest BCUT2D eigenvalue weighted by Gasteiger charge is -2.20. The largest absolute Gasteiger partial charge is 0.493 e. The first-order chi connectivity index (χ1) is 9.62. The van der Waals surface area contributed by atoms with Gasteiger partial charge in [-0.25, -0.2) is 5.43 Å². The highest BCUT2D eigenvalue weighted by Crippen LogP contribution is 2.33. The average Bonchev–Trinajstić information content (AvgIpc) is 2.86. The van der Waals surface area contributed by atoms with E-state index in [1.54, 1.807) is 13.3 Å². The van der Waals surface area contributed by atoms with E-state index in [0.717, 1.165) is 15.7 Å². The molecule has 0 aliphatic carbocycles. The summed E-state index contributed by atoms with van der Waals surface area (Å²) in [6.45, 7) is 2.72. The Kier molecular flexibility index (Phi) is 4.64. The maximum absolute atomic E-state index is 6.07. The first-order valence-corrected chi connectivity index (χ1v) is 7.02. The van der Waals surface area contributed by atoms with Gasteiger partial charge in [0.15, 0.2) is 5.75 Å². The number of nitrogen functional groups attached to an aromatic ring is 1. The fourth-order valence-electron chi connectivity index (χ4n) is 2.19. The maximum Gasteiger partial charge on any atom is 0.161 e. The average molecular weight is 340 g/mol. The summed E-state index contributed by atoms with van der Waals surface area (Å²) in [7, 11) is 1.61. The molecular weight excluding hydrogens is 322 g/mol. The molecule has 1 unspecified atom stereocenters. The Labute approximate surface area is 126 Å². The van der Waals surface area contributed by atoms with E-state index < -0.39 is 0 Å². The number of nitrogens with one attached hydrogen (secondary N) is 1.